The van der Waals surface area contributed by atoms with Crippen molar-refractivity contribution < 1.29 is 8.94 Å². The molecule has 0 unspecified atom stereocenters. The monoisotopic (exact) mass is 254 g/mol. The van der Waals surface area contributed by atoms with Crippen molar-refractivity contribution >= 4 is 5.88 Å². The summed E-state index contributed by atoms with van der Waals surface area (Å²) < 4.78 is 10.7. The smallest absolute Gasteiger partial charge is 0.230 e. The third-order valence-electron chi connectivity index (χ3n) is 3.08. The Morgan fingerprint density at radius 2 is 1.84 bits per heavy atom. The van der Waals surface area contributed by atoms with E-state index in [2.05, 4.69) is 5.16 Å². The van der Waals surface area contributed by atoms with Gasteiger partial charge in [-0.05, 0) is 25.5 Å². The van der Waals surface area contributed by atoms with Gasteiger partial charge in [0.25, 0.3) is 0 Å². The minimum absolute atomic E-state index is 0.319. The minimum atomic E-state index is 0.319. The van der Waals surface area contributed by atoms with Crippen molar-refractivity contribution in [2.75, 3.05) is 5.73 Å². The highest BCUT2D eigenvalue weighted by Crippen LogP contribution is 2.38. The number of aromatic nitrogens is 1. The third kappa shape index (κ3) is 1.91. The van der Waals surface area contributed by atoms with E-state index >= 15 is 0 Å². The SMILES string of the molecule is Cc1cc(-c2noc(N)c2-c2ccccc2)c(C)o1. The van der Waals surface area contributed by atoms with Crippen molar-refractivity contribution in [1.82, 2.24) is 5.16 Å². The number of rotatable bonds is 2. The second-order valence-corrected chi connectivity index (χ2v) is 4.46. The summed E-state index contributed by atoms with van der Waals surface area (Å²) in [5, 5.41) is 4.08. The molecule has 0 saturated carbocycles. The van der Waals surface area contributed by atoms with Gasteiger partial charge < -0.3 is 14.7 Å². The van der Waals surface area contributed by atoms with Crippen LogP contribution in [0.4, 0.5) is 5.88 Å². The molecule has 0 spiro atoms. The predicted molar refractivity (Wildman–Crippen MR) is 73.5 cm³/mol. The molecule has 0 amide bonds. The first-order valence-electron chi connectivity index (χ1n) is 6.05. The van der Waals surface area contributed by atoms with Crippen LogP contribution in [0, 0.1) is 13.8 Å². The van der Waals surface area contributed by atoms with Gasteiger partial charge in [-0.25, -0.2) is 0 Å². The van der Waals surface area contributed by atoms with Crippen LogP contribution < -0.4 is 5.73 Å². The molecule has 96 valence electrons. The average molecular weight is 254 g/mol. The highest BCUT2D eigenvalue weighted by molar-refractivity contribution is 5.87. The molecule has 0 atom stereocenters. The Balaban J connectivity index is 2.22. The van der Waals surface area contributed by atoms with Gasteiger partial charge in [-0.2, -0.15) is 0 Å². The van der Waals surface area contributed by atoms with Gasteiger partial charge in [-0.15, -0.1) is 0 Å². The van der Waals surface area contributed by atoms with Crippen LogP contribution in [-0.2, 0) is 0 Å². The van der Waals surface area contributed by atoms with Gasteiger partial charge in [0.15, 0.2) is 0 Å². The van der Waals surface area contributed by atoms with E-state index in [1.807, 2.05) is 50.2 Å². The summed E-state index contributed by atoms with van der Waals surface area (Å²) in [6.07, 6.45) is 0. The molecule has 0 aliphatic carbocycles. The first kappa shape index (κ1) is 11.6. The van der Waals surface area contributed by atoms with Crippen LogP contribution >= 0.6 is 0 Å². The topological polar surface area (TPSA) is 65.2 Å². The van der Waals surface area contributed by atoms with Gasteiger partial charge in [-0.1, -0.05) is 35.5 Å². The molecule has 0 radical (unpaired) electrons. The number of hydrogen-bond acceptors (Lipinski definition) is 4. The molecule has 1 aromatic carbocycles. The van der Waals surface area contributed by atoms with Crippen LogP contribution in [0.3, 0.4) is 0 Å². The fourth-order valence-corrected chi connectivity index (χ4v) is 2.24. The van der Waals surface area contributed by atoms with E-state index < -0.39 is 0 Å². The number of nitrogen functional groups attached to an aromatic ring is 1. The van der Waals surface area contributed by atoms with Gasteiger partial charge in [0.05, 0.1) is 5.56 Å². The van der Waals surface area contributed by atoms with Crippen molar-refractivity contribution in [3.05, 3.63) is 47.9 Å². The summed E-state index contributed by atoms with van der Waals surface area (Å²) in [7, 11) is 0. The normalized spacial score (nSPS) is 10.8. The van der Waals surface area contributed by atoms with E-state index in [1.165, 1.54) is 0 Å². The molecule has 0 aliphatic heterocycles. The van der Waals surface area contributed by atoms with Crippen molar-refractivity contribution in [2.45, 2.75) is 13.8 Å². The lowest BCUT2D eigenvalue weighted by atomic mass is 10.0. The van der Waals surface area contributed by atoms with Gasteiger partial charge in [0.2, 0.25) is 5.88 Å². The standard InChI is InChI=1S/C15H14N2O2/c1-9-8-12(10(2)18-9)14-13(15(16)19-17-14)11-6-4-3-5-7-11/h3-8H,16H2,1-2H3. The first-order chi connectivity index (χ1) is 9.16. The largest absolute Gasteiger partial charge is 0.466 e. The zero-order chi connectivity index (χ0) is 13.4. The maximum atomic E-state index is 5.91. The Morgan fingerprint density at radius 3 is 2.47 bits per heavy atom. The zero-order valence-corrected chi connectivity index (χ0v) is 10.8. The molecule has 2 heterocycles. The molecule has 0 saturated heterocycles. The molecule has 4 heteroatoms. The Kier molecular flexibility index (Phi) is 2.63. The molecule has 0 aliphatic rings. The summed E-state index contributed by atoms with van der Waals surface area (Å²) in [5.41, 5.74) is 9.33. The highest BCUT2D eigenvalue weighted by atomic mass is 16.5. The summed E-state index contributed by atoms with van der Waals surface area (Å²) in [6, 6.07) is 11.8. The number of aryl methyl sites for hydroxylation is 2. The van der Waals surface area contributed by atoms with Gasteiger partial charge in [0, 0.05) is 5.56 Å². The summed E-state index contributed by atoms with van der Waals surface area (Å²) in [5.74, 6) is 1.97. The number of nitrogens with zero attached hydrogens (tertiary/aromatic N) is 1. The van der Waals surface area contributed by atoms with Crippen LogP contribution in [0.5, 0.6) is 0 Å². The van der Waals surface area contributed by atoms with E-state index in [1.54, 1.807) is 0 Å². The lowest BCUT2D eigenvalue weighted by Gasteiger charge is -2.01. The highest BCUT2D eigenvalue weighted by Gasteiger charge is 2.20. The molecule has 3 aromatic rings. The molecule has 0 fully saturated rings. The number of furan rings is 1. The molecule has 2 aromatic heterocycles. The molecular weight excluding hydrogens is 240 g/mol. The second-order valence-electron chi connectivity index (χ2n) is 4.46. The van der Waals surface area contributed by atoms with E-state index in [9.17, 15) is 0 Å². The van der Waals surface area contributed by atoms with Crippen LogP contribution in [0.25, 0.3) is 22.4 Å². The third-order valence-corrected chi connectivity index (χ3v) is 3.08. The number of hydrogen-bond donors (Lipinski definition) is 1. The Morgan fingerprint density at radius 1 is 1.11 bits per heavy atom. The molecular formula is C15H14N2O2. The number of nitrogens with two attached hydrogens (primary N) is 1. The maximum Gasteiger partial charge on any atom is 0.230 e. The molecule has 19 heavy (non-hydrogen) atoms. The number of benzene rings is 1. The lowest BCUT2D eigenvalue weighted by Crippen LogP contribution is -1.87. The Hall–Kier alpha value is -2.49. The van der Waals surface area contributed by atoms with E-state index in [-0.39, 0.29) is 0 Å². The van der Waals surface area contributed by atoms with Crippen molar-refractivity contribution in [1.29, 1.82) is 0 Å². The van der Waals surface area contributed by atoms with Crippen molar-refractivity contribution in [3.63, 3.8) is 0 Å². The number of anilines is 1. The van der Waals surface area contributed by atoms with Gasteiger partial charge >= 0.3 is 0 Å². The Bertz CT molecular complexity index is 711. The summed E-state index contributed by atoms with van der Waals surface area (Å²) in [4.78, 5) is 0. The van der Waals surface area contributed by atoms with E-state index in [0.29, 0.717) is 5.88 Å². The zero-order valence-electron chi connectivity index (χ0n) is 10.8. The summed E-state index contributed by atoms with van der Waals surface area (Å²) >= 11 is 0. The van der Waals surface area contributed by atoms with E-state index in [4.69, 9.17) is 14.7 Å². The van der Waals surface area contributed by atoms with Crippen LogP contribution in [0.2, 0.25) is 0 Å². The summed E-state index contributed by atoms with van der Waals surface area (Å²) in [6.45, 7) is 3.81. The molecule has 4 nitrogen and oxygen atoms in total. The first-order valence-corrected chi connectivity index (χ1v) is 6.05. The van der Waals surface area contributed by atoms with Crippen LogP contribution in [-0.4, -0.2) is 5.16 Å². The van der Waals surface area contributed by atoms with Crippen molar-refractivity contribution in [3.8, 4) is 22.4 Å². The van der Waals surface area contributed by atoms with Crippen LogP contribution in [0.15, 0.2) is 45.3 Å². The molecule has 2 N–H and O–H groups in total. The molecule has 0 bridgehead atoms. The Labute approximate surface area is 110 Å². The van der Waals surface area contributed by atoms with Crippen LogP contribution in [0.1, 0.15) is 11.5 Å². The van der Waals surface area contributed by atoms with E-state index in [0.717, 1.165) is 33.9 Å². The minimum Gasteiger partial charge on any atom is -0.466 e. The fraction of sp³-hybridized carbons (Fsp3) is 0.133. The lowest BCUT2D eigenvalue weighted by molar-refractivity contribution is 0.439. The van der Waals surface area contributed by atoms with Crippen molar-refractivity contribution in [2.24, 2.45) is 0 Å². The average Bonchev–Trinajstić information content (AvgIpc) is 2.93. The quantitative estimate of drug-likeness (QED) is 0.755. The molecule has 3 rings (SSSR count). The second kappa shape index (κ2) is 4.31. The fourth-order valence-electron chi connectivity index (χ4n) is 2.24. The maximum absolute atomic E-state index is 5.91. The van der Waals surface area contributed by atoms with Gasteiger partial charge in [-0.3, -0.25) is 0 Å². The predicted octanol–water partition coefficient (Wildman–Crippen LogP) is 3.80. The van der Waals surface area contributed by atoms with Gasteiger partial charge in [0.1, 0.15) is 17.2 Å².